The number of nitrogens with zero attached hydrogens (tertiary/aromatic N) is 1. The number of carboxylic acids is 1. The van der Waals surface area contributed by atoms with Gasteiger partial charge in [-0.1, -0.05) is 12.1 Å². The molecule has 1 aliphatic rings. The van der Waals surface area contributed by atoms with Crippen molar-refractivity contribution in [2.75, 3.05) is 0 Å². The lowest BCUT2D eigenvalue weighted by atomic mass is 9.95. The lowest BCUT2D eigenvalue weighted by molar-refractivity contribution is -0.147. The molecule has 0 saturated heterocycles. The van der Waals surface area contributed by atoms with Crippen molar-refractivity contribution < 1.29 is 9.90 Å². The van der Waals surface area contributed by atoms with Gasteiger partial charge in [0, 0.05) is 17.1 Å². The number of benzene rings is 1. The molecule has 3 nitrogen and oxygen atoms in total. The van der Waals surface area contributed by atoms with Crippen molar-refractivity contribution in [2.45, 2.75) is 32.2 Å². The summed E-state index contributed by atoms with van der Waals surface area (Å²) in [5.74, 6) is -0.477. The van der Waals surface area contributed by atoms with Gasteiger partial charge in [0.05, 0.1) is 0 Å². The highest BCUT2D eigenvalue weighted by molar-refractivity contribution is 5.87. The van der Waals surface area contributed by atoms with E-state index in [1.807, 2.05) is 35.9 Å². The minimum atomic E-state index is -0.810. The topological polar surface area (TPSA) is 42.2 Å². The van der Waals surface area contributed by atoms with Crippen LogP contribution in [0.3, 0.4) is 0 Å². The standard InChI is InChI=1S/C15H17NO2/c1-10-4-3-5-13-12(10)8-9-16(13)15(2,14(17)18)11-6-7-11/h3-5,8-9,11H,6-7H2,1-2H3,(H,17,18). The summed E-state index contributed by atoms with van der Waals surface area (Å²) in [4.78, 5) is 11.7. The van der Waals surface area contributed by atoms with E-state index >= 15 is 0 Å². The molecule has 1 N–H and O–H groups in total. The third-order valence-corrected chi connectivity index (χ3v) is 4.26. The van der Waals surface area contributed by atoms with Crippen LogP contribution in [-0.2, 0) is 10.3 Å². The van der Waals surface area contributed by atoms with Gasteiger partial charge in [0.25, 0.3) is 0 Å². The minimum absolute atomic E-state index is 0.256. The van der Waals surface area contributed by atoms with Gasteiger partial charge in [-0.3, -0.25) is 0 Å². The molecule has 1 saturated carbocycles. The van der Waals surface area contributed by atoms with Gasteiger partial charge in [-0.25, -0.2) is 4.79 Å². The molecule has 2 aromatic rings. The molecule has 0 amide bonds. The van der Waals surface area contributed by atoms with E-state index in [0.717, 1.165) is 23.7 Å². The van der Waals surface area contributed by atoms with Gasteiger partial charge >= 0.3 is 5.97 Å². The highest BCUT2D eigenvalue weighted by Gasteiger charge is 2.49. The molecular formula is C15H17NO2. The van der Waals surface area contributed by atoms with Crippen LogP contribution in [0.15, 0.2) is 30.5 Å². The normalized spacial score (nSPS) is 18.8. The third kappa shape index (κ3) is 1.40. The van der Waals surface area contributed by atoms with Crippen LogP contribution in [0.1, 0.15) is 25.3 Å². The van der Waals surface area contributed by atoms with Crippen LogP contribution in [0.5, 0.6) is 0 Å². The Hall–Kier alpha value is -1.77. The largest absolute Gasteiger partial charge is 0.479 e. The quantitative estimate of drug-likeness (QED) is 0.899. The zero-order valence-electron chi connectivity index (χ0n) is 10.7. The van der Waals surface area contributed by atoms with Crippen molar-refractivity contribution in [3.63, 3.8) is 0 Å². The Labute approximate surface area is 106 Å². The van der Waals surface area contributed by atoms with E-state index in [9.17, 15) is 9.90 Å². The van der Waals surface area contributed by atoms with Gasteiger partial charge in [-0.05, 0) is 50.3 Å². The maximum atomic E-state index is 11.7. The third-order valence-electron chi connectivity index (χ3n) is 4.26. The fraction of sp³-hybridized carbons (Fsp3) is 0.400. The average Bonchev–Trinajstić information content (AvgIpc) is 3.09. The summed E-state index contributed by atoms with van der Waals surface area (Å²) in [6.07, 6.45) is 3.94. The molecular weight excluding hydrogens is 226 g/mol. The maximum Gasteiger partial charge on any atom is 0.329 e. The molecule has 1 heterocycles. The van der Waals surface area contributed by atoms with Crippen molar-refractivity contribution >= 4 is 16.9 Å². The maximum absolute atomic E-state index is 11.7. The lowest BCUT2D eigenvalue weighted by Crippen LogP contribution is -2.40. The minimum Gasteiger partial charge on any atom is -0.479 e. The first-order valence-corrected chi connectivity index (χ1v) is 6.35. The second-order valence-corrected chi connectivity index (χ2v) is 5.42. The molecule has 1 unspecified atom stereocenters. The van der Waals surface area contributed by atoms with E-state index in [2.05, 4.69) is 13.0 Å². The van der Waals surface area contributed by atoms with Gasteiger partial charge < -0.3 is 9.67 Å². The van der Waals surface area contributed by atoms with Gasteiger partial charge in [-0.15, -0.1) is 0 Å². The summed E-state index contributed by atoms with van der Waals surface area (Å²) in [6.45, 7) is 3.90. The first-order chi connectivity index (χ1) is 8.55. The second-order valence-electron chi connectivity index (χ2n) is 5.42. The fourth-order valence-corrected chi connectivity index (χ4v) is 2.85. The molecule has 1 aromatic carbocycles. The molecule has 0 aliphatic heterocycles. The zero-order valence-corrected chi connectivity index (χ0v) is 10.7. The van der Waals surface area contributed by atoms with E-state index in [0.29, 0.717) is 0 Å². The van der Waals surface area contributed by atoms with Crippen LogP contribution in [0.2, 0.25) is 0 Å². The summed E-state index contributed by atoms with van der Waals surface area (Å²) >= 11 is 0. The number of aromatic nitrogens is 1. The Morgan fingerprint density at radius 1 is 1.39 bits per heavy atom. The predicted octanol–water partition coefficient (Wildman–Crippen LogP) is 3.16. The van der Waals surface area contributed by atoms with E-state index in [4.69, 9.17) is 0 Å². The van der Waals surface area contributed by atoms with Crippen molar-refractivity contribution in [3.8, 4) is 0 Å². The number of hydrogen-bond acceptors (Lipinski definition) is 1. The van der Waals surface area contributed by atoms with Crippen LogP contribution in [-0.4, -0.2) is 15.6 Å². The first-order valence-electron chi connectivity index (χ1n) is 6.35. The van der Waals surface area contributed by atoms with Crippen molar-refractivity contribution in [3.05, 3.63) is 36.0 Å². The monoisotopic (exact) mass is 243 g/mol. The van der Waals surface area contributed by atoms with E-state index in [1.54, 1.807) is 0 Å². The zero-order chi connectivity index (χ0) is 12.9. The molecule has 1 aromatic heterocycles. The molecule has 1 fully saturated rings. The van der Waals surface area contributed by atoms with Gasteiger partial charge in [0.1, 0.15) is 5.54 Å². The SMILES string of the molecule is Cc1cccc2c1ccn2C(C)(C(=O)O)C1CC1. The van der Waals surface area contributed by atoms with E-state index in [1.165, 1.54) is 5.56 Å². The first kappa shape index (κ1) is 11.3. The highest BCUT2D eigenvalue weighted by Crippen LogP contribution is 2.45. The predicted molar refractivity (Wildman–Crippen MR) is 70.7 cm³/mol. The Bertz CT molecular complexity index is 624. The van der Waals surface area contributed by atoms with Gasteiger partial charge in [-0.2, -0.15) is 0 Å². The van der Waals surface area contributed by atoms with E-state index < -0.39 is 11.5 Å². The van der Waals surface area contributed by atoms with Crippen LogP contribution >= 0.6 is 0 Å². The van der Waals surface area contributed by atoms with Crippen molar-refractivity contribution in [2.24, 2.45) is 5.92 Å². The van der Waals surface area contributed by atoms with Gasteiger partial charge in [0.15, 0.2) is 0 Å². The van der Waals surface area contributed by atoms with Crippen LogP contribution < -0.4 is 0 Å². The number of hydrogen-bond donors (Lipinski definition) is 1. The fourth-order valence-electron chi connectivity index (χ4n) is 2.85. The molecule has 0 radical (unpaired) electrons. The number of aliphatic carboxylic acids is 1. The Morgan fingerprint density at radius 3 is 2.72 bits per heavy atom. The molecule has 94 valence electrons. The van der Waals surface area contributed by atoms with Crippen LogP contribution in [0, 0.1) is 12.8 Å². The molecule has 3 rings (SSSR count). The van der Waals surface area contributed by atoms with E-state index in [-0.39, 0.29) is 5.92 Å². The second kappa shape index (κ2) is 3.61. The molecule has 0 spiro atoms. The molecule has 18 heavy (non-hydrogen) atoms. The van der Waals surface area contributed by atoms with Crippen molar-refractivity contribution in [1.82, 2.24) is 4.57 Å². The molecule has 1 atom stereocenters. The molecule has 1 aliphatic carbocycles. The Morgan fingerprint density at radius 2 is 2.11 bits per heavy atom. The summed E-state index contributed by atoms with van der Waals surface area (Å²) < 4.78 is 1.94. The summed E-state index contributed by atoms with van der Waals surface area (Å²) in [7, 11) is 0. The number of carbonyl (C=O) groups is 1. The molecule has 0 bridgehead atoms. The average molecular weight is 243 g/mol. The number of carboxylic acid groups (broad SMARTS) is 1. The Balaban J connectivity index is 2.25. The Kier molecular flexibility index (Phi) is 2.27. The number of fused-ring (bicyclic) bond motifs is 1. The number of rotatable bonds is 3. The van der Waals surface area contributed by atoms with Gasteiger partial charge in [0.2, 0.25) is 0 Å². The summed E-state index contributed by atoms with van der Waals surface area (Å²) in [5, 5.41) is 10.8. The van der Waals surface area contributed by atoms with Crippen LogP contribution in [0.25, 0.3) is 10.9 Å². The summed E-state index contributed by atoms with van der Waals surface area (Å²) in [6, 6.07) is 8.07. The highest BCUT2D eigenvalue weighted by atomic mass is 16.4. The molecule has 3 heteroatoms. The summed E-state index contributed by atoms with van der Waals surface area (Å²) in [5.41, 5.74) is 1.40. The smallest absolute Gasteiger partial charge is 0.329 e. The van der Waals surface area contributed by atoms with Crippen molar-refractivity contribution in [1.29, 1.82) is 0 Å². The number of aryl methyl sites for hydroxylation is 1. The van der Waals surface area contributed by atoms with Crippen LogP contribution in [0.4, 0.5) is 0 Å². The lowest BCUT2D eigenvalue weighted by Gasteiger charge is -2.28.